The molecule has 0 radical (unpaired) electrons. The summed E-state index contributed by atoms with van der Waals surface area (Å²) < 4.78 is 23.4. The first-order chi connectivity index (χ1) is 22.7. The van der Waals surface area contributed by atoms with Gasteiger partial charge in [-0.25, -0.2) is 0 Å². The van der Waals surface area contributed by atoms with Crippen LogP contribution in [0, 0.1) is 13.8 Å². The largest absolute Gasteiger partial charge is 0.494 e. The Labute approximate surface area is 272 Å². The van der Waals surface area contributed by atoms with Crippen LogP contribution in [-0.2, 0) is 11.3 Å². The smallest absolute Gasteiger partial charge is 0.258 e. The standard InChI is InChI=1S/C36H36N4O7/c1-21-8-10-25-15-27(21)24-6-5-7-26(14-24)46-20-34(41)38-16-23-9-11-30(31(13-23)44-3)47-33-19-40(18-29(33)39-35(25)42)36(43)28-12-22(2)37-17-32(28)45-4/h5-15,17,29,33H,16,18-20H2,1-4H3,(H,38,41)(H,39,42)/t29-,33-/m0/s1. The number of pyridine rings is 1. The topological polar surface area (TPSA) is 128 Å². The number of aromatic nitrogens is 1. The van der Waals surface area contributed by atoms with Gasteiger partial charge in [-0.3, -0.25) is 19.4 Å². The number of nitrogens with one attached hydrogen (secondary N) is 2. The van der Waals surface area contributed by atoms with Crippen LogP contribution in [0.25, 0.3) is 11.1 Å². The summed E-state index contributed by atoms with van der Waals surface area (Å²) in [5.41, 5.74) is 4.95. The molecule has 242 valence electrons. The maximum Gasteiger partial charge on any atom is 0.258 e. The quantitative estimate of drug-likeness (QED) is 0.344. The van der Waals surface area contributed by atoms with E-state index in [9.17, 15) is 14.4 Å². The first kappa shape index (κ1) is 31.4. The third kappa shape index (κ3) is 6.84. The molecule has 0 unspecified atom stereocenters. The van der Waals surface area contributed by atoms with Gasteiger partial charge in [-0.15, -0.1) is 0 Å². The predicted octanol–water partition coefficient (Wildman–Crippen LogP) is 4.09. The van der Waals surface area contributed by atoms with E-state index in [0.717, 1.165) is 22.3 Å². The van der Waals surface area contributed by atoms with E-state index < -0.39 is 12.1 Å². The van der Waals surface area contributed by atoms with Gasteiger partial charge in [0.15, 0.2) is 18.1 Å². The van der Waals surface area contributed by atoms with E-state index in [1.54, 1.807) is 42.2 Å². The lowest BCUT2D eigenvalue weighted by molar-refractivity contribution is -0.123. The van der Waals surface area contributed by atoms with Gasteiger partial charge >= 0.3 is 0 Å². The highest BCUT2D eigenvalue weighted by Crippen LogP contribution is 2.32. The molecule has 0 saturated carbocycles. The van der Waals surface area contributed by atoms with Crippen molar-refractivity contribution in [2.75, 3.05) is 33.9 Å². The van der Waals surface area contributed by atoms with E-state index >= 15 is 0 Å². The average molecular weight is 637 g/mol. The number of likely N-dealkylation sites (tertiary alicyclic amines) is 1. The van der Waals surface area contributed by atoms with Gasteiger partial charge in [0.2, 0.25) is 0 Å². The van der Waals surface area contributed by atoms with Crippen LogP contribution in [0.1, 0.15) is 37.5 Å². The summed E-state index contributed by atoms with van der Waals surface area (Å²) in [7, 11) is 3.02. The van der Waals surface area contributed by atoms with E-state index in [2.05, 4.69) is 15.6 Å². The molecule has 11 heteroatoms. The van der Waals surface area contributed by atoms with Crippen molar-refractivity contribution in [2.24, 2.45) is 0 Å². The second kappa shape index (κ2) is 13.4. The van der Waals surface area contributed by atoms with Crippen molar-refractivity contribution >= 4 is 17.7 Å². The van der Waals surface area contributed by atoms with Gasteiger partial charge in [0.1, 0.15) is 17.6 Å². The fourth-order valence-corrected chi connectivity index (χ4v) is 5.81. The predicted molar refractivity (Wildman–Crippen MR) is 174 cm³/mol. The molecule has 4 aromatic rings. The summed E-state index contributed by atoms with van der Waals surface area (Å²) >= 11 is 0. The molecule has 2 N–H and O–H groups in total. The molecule has 0 aliphatic carbocycles. The van der Waals surface area contributed by atoms with Crippen LogP contribution in [0.4, 0.5) is 0 Å². The molecule has 3 aliphatic rings. The van der Waals surface area contributed by atoms with Crippen molar-refractivity contribution in [3.8, 4) is 34.1 Å². The minimum atomic E-state index is -0.611. The highest BCUT2D eigenvalue weighted by atomic mass is 16.5. The molecule has 47 heavy (non-hydrogen) atoms. The average Bonchev–Trinajstić information content (AvgIpc) is 3.47. The molecule has 1 saturated heterocycles. The van der Waals surface area contributed by atoms with Gasteiger partial charge in [-0.05, 0) is 78.6 Å². The zero-order valence-corrected chi connectivity index (χ0v) is 26.7. The number of carbonyl (C=O) groups excluding carboxylic acids is 3. The van der Waals surface area contributed by atoms with E-state index in [1.807, 2.05) is 43.3 Å². The molecule has 3 amide bonds. The second-order valence-electron chi connectivity index (χ2n) is 11.6. The molecule has 3 aromatic carbocycles. The summed E-state index contributed by atoms with van der Waals surface area (Å²) in [6.45, 7) is 4.26. The number of rotatable bonds is 3. The molecule has 2 atom stereocenters. The first-order valence-electron chi connectivity index (χ1n) is 15.3. The van der Waals surface area contributed by atoms with Crippen LogP contribution in [-0.4, -0.2) is 73.7 Å². The fourth-order valence-electron chi connectivity index (χ4n) is 5.81. The highest BCUT2D eigenvalue weighted by Gasteiger charge is 2.39. The lowest BCUT2D eigenvalue weighted by Gasteiger charge is -2.23. The summed E-state index contributed by atoms with van der Waals surface area (Å²) in [5.74, 6) is 0.928. The number of hydrogen-bond donors (Lipinski definition) is 2. The van der Waals surface area contributed by atoms with Gasteiger partial charge in [0.25, 0.3) is 17.7 Å². The van der Waals surface area contributed by atoms with Crippen LogP contribution < -0.4 is 29.6 Å². The number of fused-ring (bicyclic) bond motifs is 7. The van der Waals surface area contributed by atoms with Crippen molar-refractivity contribution in [2.45, 2.75) is 32.5 Å². The molecule has 1 fully saturated rings. The second-order valence-corrected chi connectivity index (χ2v) is 11.6. The zero-order chi connectivity index (χ0) is 33.1. The molecule has 1 aromatic heterocycles. The Balaban J connectivity index is 1.37. The normalized spacial score (nSPS) is 17.8. The third-order valence-corrected chi connectivity index (χ3v) is 8.34. The van der Waals surface area contributed by atoms with Crippen LogP contribution in [0.15, 0.2) is 72.9 Å². The Bertz CT molecular complexity index is 1840. The van der Waals surface area contributed by atoms with E-state index in [4.69, 9.17) is 18.9 Å². The third-order valence-electron chi connectivity index (χ3n) is 8.34. The summed E-state index contributed by atoms with van der Waals surface area (Å²) in [4.78, 5) is 46.2. The molecular formula is C36H36N4O7. The molecule has 0 spiro atoms. The molecule has 6 bridgehead atoms. The number of methoxy groups -OCH3 is 2. The zero-order valence-electron chi connectivity index (χ0n) is 26.7. The van der Waals surface area contributed by atoms with Crippen LogP contribution in [0.3, 0.4) is 0 Å². The minimum Gasteiger partial charge on any atom is -0.494 e. The highest BCUT2D eigenvalue weighted by molar-refractivity contribution is 5.98. The first-order valence-corrected chi connectivity index (χ1v) is 15.3. The summed E-state index contributed by atoms with van der Waals surface area (Å²) in [6, 6.07) is 19.4. The summed E-state index contributed by atoms with van der Waals surface area (Å²) in [5, 5.41) is 6.01. The van der Waals surface area contributed by atoms with Crippen LogP contribution in [0.5, 0.6) is 23.0 Å². The summed E-state index contributed by atoms with van der Waals surface area (Å²) in [6.07, 6.45) is 0.916. The maximum atomic E-state index is 13.8. The molecule has 3 aliphatic heterocycles. The molecule has 7 rings (SSSR count). The lowest BCUT2D eigenvalue weighted by Crippen LogP contribution is -2.45. The number of carbonyl (C=O) groups is 3. The number of benzene rings is 3. The number of aryl methyl sites for hydroxylation is 2. The van der Waals surface area contributed by atoms with Crippen molar-refractivity contribution < 1.29 is 33.3 Å². The number of amides is 3. The monoisotopic (exact) mass is 636 g/mol. The Morgan fingerprint density at radius 2 is 1.77 bits per heavy atom. The molecular weight excluding hydrogens is 600 g/mol. The Morgan fingerprint density at radius 3 is 2.57 bits per heavy atom. The lowest BCUT2D eigenvalue weighted by atomic mass is 9.97. The fraction of sp³-hybridized carbons (Fsp3) is 0.278. The minimum absolute atomic E-state index is 0.160. The SMILES string of the molecule is COc1cc2ccc1O[C@H]1CN(C(=O)c3cc(C)ncc3OC)C[C@@H]1NC(=O)c1ccc(C)c(c1)-c1cccc(c1)OCC(=O)NC2. The molecule has 4 heterocycles. The van der Waals surface area contributed by atoms with Gasteiger partial charge in [-0.1, -0.05) is 24.3 Å². The Hall–Kier alpha value is -5.58. The van der Waals surface area contributed by atoms with Crippen molar-refractivity contribution in [1.29, 1.82) is 0 Å². The Morgan fingerprint density at radius 1 is 0.936 bits per heavy atom. The maximum absolute atomic E-state index is 13.8. The number of nitrogens with zero attached hydrogens (tertiary/aromatic N) is 2. The van der Waals surface area contributed by atoms with Gasteiger partial charge < -0.3 is 34.5 Å². The van der Waals surface area contributed by atoms with E-state index in [1.165, 1.54) is 20.4 Å². The van der Waals surface area contributed by atoms with E-state index in [-0.39, 0.29) is 44.0 Å². The van der Waals surface area contributed by atoms with Gasteiger partial charge in [0, 0.05) is 24.3 Å². The number of ether oxygens (including phenoxy) is 4. The van der Waals surface area contributed by atoms with Crippen LogP contribution >= 0.6 is 0 Å². The van der Waals surface area contributed by atoms with E-state index in [0.29, 0.717) is 39.8 Å². The van der Waals surface area contributed by atoms with Gasteiger partial charge in [-0.2, -0.15) is 0 Å². The van der Waals surface area contributed by atoms with Crippen molar-refractivity contribution in [3.05, 3.63) is 101 Å². The van der Waals surface area contributed by atoms with Crippen LogP contribution in [0.2, 0.25) is 0 Å². The van der Waals surface area contributed by atoms with Crippen molar-refractivity contribution in [1.82, 2.24) is 20.5 Å². The number of hydrogen-bond acceptors (Lipinski definition) is 8. The molecule has 11 nitrogen and oxygen atoms in total. The van der Waals surface area contributed by atoms with Gasteiger partial charge in [0.05, 0.1) is 38.6 Å². The van der Waals surface area contributed by atoms with Crippen molar-refractivity contribution in [3.63, 3.8) is 0 Å². The Kier molecular flexibility index (Phi) is 8.97.